The molecule has 0 fully saturated rings. The molecule has 100 valence electrons. The second-order valence-electron chi connectivity index (χ2n) is 4.00. The Kier molecular flexibility index (Phi) is 5.35. The fourth-order valence-corrected chi connectivity index (χ4v) is 1.48. The van der Waals surface area contributed by atoms with Crippen molar-refractivity contribution >= 4 is 11.9 Å². The molecule has 6 heteroatoms. The Morgan fingerprint density at radius 2 is 2.22 bits per heavy atom. The van der Waals surface area contributed by atoms with Crippen molar-refractivity contribution in [2.75, 3.05) is 25.1 Å². The van der Waals surface area contributed by atoms with Crippen molar-refractivity contribution in [1.29, 1.82) is 0 Å². The molecule has 0 atom stereocenters. The van der Waals surface area contributed by atoms with Crippen LogP contribution in [0.5, 0.6) is 5.88 Å². The van der Waals surface area contributed by atoms with Crippen molar-refractivity contribution in [3.8, 4) is 5.88 Å². The number of anilines is 1. The van der Waals surface area contributed by atoms with Gasteiger partial charge in [-0.05, 0) is 20.3 Å². The Balaban J connectivity index is 2.66. The maximum atomic E-state index is 10.4. The largest absolute Gasteiger partial charge is 0.481 e. The molecule has 6 nitrogen and oxygen atoms in total. The van der Waals surface area contributed by atoms with Crippen LogP contribution < -0.4 is 9.64 Å². The second-order valence-corrected chi connectivity index (χ2v) is 4.00. The number of aliphatic carboxylic acids is 1. The van der Waals surface area contributed by atoms with Crippen LogP contribution >= 0.6 is 0 Å². The summed E-state index contributed by atoms with van der Waals surface area (Å²) in [6.45, 7) is 4.92. The van der Waals surface area contributed by atoms with Gasteiger partial charge in [0, 0.05) is 31.8 Å². The van der Waals surface area contributed by atoms with Gasteiger partial charge in [-0.1, -0.05) is 0 Å². The van der Waals surface area contributed by atoms with E-state index in [1.54, 1.807) is 6.07 Å². The molecule has 1 aromatic heterocycles. The molecule has 0 radical (unpaired) electrons. The van der Waals surface area contributed by atoms with Gasteiger partial charge in [0.25, 0.3) is 0 Å². The molecular weight excluding hydrogens is 234 g/mol. The summed E-state index contributed by atoms with van der Waals surface area (Å²) in [7, 11) is 1.84. The van der Waals surface area contributed by atoms with Gasteiger partial charge in [0.2, 0.25) is 11.8 Å². The Bertz CT molecular complexity index is 410. The average Bonchev–Trinajstić information content (AvgIpc) is 2.28. The number of rotatable bonds is 7. The van der Waals surface area contributed by atoms with Gasteiger partial charge in [0.15, 0.2) is 0 Å². The fourth-order valence-electron chi connectivity index (χ4n) is 1.48. The SMILES string of the molecule is CCOc1cc(C)nc(N(C)CCCC(=O)O)n1. The van der Waals surface area contributed by atoms with Crippen LogP contribution in [0.4, 0.5) is 5.95 Å². The summed E-state index contributed by atoms with van der Waals surface area (Å²) < 4.78 is 5.35. The van der Waals surface area contributed by atoms with Gasteiger partial charge in [0.1, 0.15) is 0 Å². The standard InChI is InChI=1S/C12H19N3O3/c1-4-18-10-8-9(2)13-12(14-10)15(3)7-5-6-11(16)17/h8H,4-7H2,1-3H3,(H,16,17). The second kappa shape index (κ2) is 6.78. The summed E-state index contributed by atoms with van der Waals surface area (Å²) in [5, 5.41) is 8.59. The number of carbonyl (C=O) groups is 1. The van der Waals surface area contributed by atoms with Gasteiger partial charge < -0.3 is 14.7 Å². The molecule has 0 unspecified atom stereocenters. The molecule has 0 aliphatic rings. The maximum Gasteiger partial charge on any atom is 0.303 e. The first kappa shape index (κ1) is 14.2. The van der Waals surface area contributed by atoms with E-state index < -0.39 is 5.97 Å². The van der Waals surface area contributed by atoms with E-state index in [-0.39, 0.29) is 6.42 Å². The number of hydrogen-bond donors (Lipinski definition) is 1. The lowest BCUT2D eigenvalue weighted by Crippen LogP contribution is -2.22. The molecule has 0 bridgehead atoms. The van der Waals surface area contributed by atoms with Gasteiger partial charge in [-0.15, -0.1) is 0 Å². The Morgan fingerprint density at radius 3 is 2.83 bits per heavy atom. The lowest BCUT2D eigenvalue weighted by Gasteiger charge is -2.17. The van der Waals surface area contributed by atoms with Crippen LogP contribution in [0, 0.1) is 6.92 Å². The first-order valence-electron chi connectivity index (χ1n) is 5.94. The molecule has 1 N–H and O–H groups in total. The minimum absolute atomic E-state index is 0.147. The fraction of sp³-hybridized carbons (Fsp3) is 0.583. The van der Waals surface area contributed by atoms with Gasteiger partial charge in [0.05, 0.1) is 6.61 Å². The number of carboxylic acids is 1. The Morgan fingerprint density at radius 1 is 1.50 bits per heavy atom. The molecular formula is C12H19N3O3. The van der Waals surface area contributed by atoms with E-state index in [4.69, 9.17) is 9.84 Å². The summed E-state index contributed by atoms with van der Waals surface area (Å²) in [6, 6.07) is 1.78. The molecule has 0 aliphatic carbocycles. The zero-order valence-corrected chi connectivity index (χ0v) is 11.0. The third kappa shape index (κ3) is 4.57. The lowest BCUT2D eigenvalue weighted by molar-refractivity contribution is -0.137. The quantitative estimate of drug-likeness (QED) is 0.793. The van der Waals surface area contributed by atoms with E-state index in [9.17, 15) is 4.79 Å². The van der Waals surface area contributed by atoms with Crippen molar-refractivity contribution in [2.45, 2.75) is 26.7 Å². The van der Waals surface area contributed by atoms with Crippen molar-refractivity contribution in [3.63, 3.8) is 0 Å². The van der Waals surface area contributed by atoms with Crippen LogP contribution in [-0.2, 0) is 4.79 Å². The summed E-state index contributed by atoms with van der Waals surface area (Å²) in [5.74, 6) is 0.317. The predicted octanol–water partition coefficient (Wildman–Crippen LogP) is 1.48. The highest BCUT2D eigenvalue weighted by Gasteiger charge is 2.08. The highest BCUT2D eigenvalue weighted by Crippen LogP contribution is 2.14. The van der Waals surface area contributed by atoms with Crippen LogP contribution in [0.15, 0.2) is 6.07 Å². The highest BCUT2D eigenvalue weighted by molar-refractivity contribution is 5.66. The van der Waals surface area contributed by atoms with E-state index in [1.807, 2.05) is 25.8 Å². The minimum Gasteiger partial charge on any atom is -0.481 e. The zero-order valence-electron chi connectivity index (χ0n) is 11.0. The summed E-state index contributed by atoms with van der Waals surface area (Å²) in [6.07, 6.45) is 0.710. The average molecular weight is 253 g/mol. The molecule has 0 saturated heterocycles. The lowest BCUT2D eigenvalue weighted by atomic mass is 10.3. The van der Waals surface area contributed by atoms with Gasteiger partial charge in [-0.3, -0.25) is 4.79 Å². The van der Waals surface area contributed by atoms with Gasteiger partial charge >= 0.3 is 5.97 Å². The van der Waals surface area contributed by atoms with Crippen molar-refractivity contribution in [1.82, 2.24) is 9.97 Å². The molecule has 0 aromatic carbocycles. The molecule has 1 rings (SSSR count). The molecule has 0 amide bonds. The van der Waals surface area contributed by atoms with Crippen LogP contribution in [-0.4, -0.2) is 41.2 Å². The van der Waals surface area contributed by atoms with E-state index >= 15 is 0 Å². The minimum atomic E-state index is -0.788. The highest BCUT2D eigenvalue weighted by atomic mass is 16.5. The van der Waals surface area contributed by atoms with Crippen LogP contribution in [0.1, 0.15) is 25.5 Å². The normalized spacial score (nSPS) is 10.2. The van der Waals surface area contributed by atoms with Crippen LogP contribution in [0.3, 0.4) is 0 Å². The van der Waals surface area contributed by atoms with Crippen molar-refractivity contribution in [3.05, 3.63) is 11.8 Å². The Hall–Kier alpha value is -1.85. The monoisotopic (exact) mass is 253 g/mol. The third-order valence-electron chi connectivity index (χ3n) is 2.34. The number of aryl methyl sites for hydroxylation is 1. The van der Waals surface area contributed by atoms with Gasteiger partial charge in [-0.25, -0.2) is 4.98 Å². The van der Waals surface area contributed by atoms with Crippen LogP contribution in [0.25, 0.3) is 0 Å². The first-order valence-corrected chi connectivity index (χ1v) is 5.94. The third-order valence-corrected chi connectivity index (χ3v) is 2.34. The van der Waals surface area contributed by atoms with Crippen molar-refractivity contribution < 1.29 is 14.6 Å². The van der Waals surface area contributed by atoms with E-state index in [0.717, 1.165) is 5.69 Å². The molecule has 0 aliphatic heterocycles. The Labute approximate surface area is 107 Å². The van der Waals surface area contributed by atoms with Gasteiger partial charge in [-0.2, -0.15) is 4.98 Å². The molecule has 18 heavy (non-hydrogen) atoms. The molecule has 0 spiro atoms. The smallest absolute Gasteiger partial charge is 0.303 e. The summed E-state index contributed by atoms with van der Waals surface area (Å²) in [5.41, 5.74) is 0.827. The van der Waals surface area contributed by atoms with Crippen LogP contribution in [0.2, 0.25) is 0 Å². The van der Waals surface area contributed by atoms with Crippen molar-refractivity contribution in [2.24, 2.45) is 0 Å². The first-order chi connectivity index (χ1) is 8.52. The number of nitrogens with zero attached hydrogens (tertiary/aromatic N) is 3. The van der Waals surface area contributed by atoms with E-state index in [2.05, 4.69) is 9.97 Å². The van der Waals surface area contributed by atoms with E-state index in [1.165, 1.54) is 0 Å². The summed E-state index contributed by atoms with van der Waals surface area (Å²) >= 11 is 0. The number of ether oxygens (including phenoxy) is 1. The summed E-state index contributed by atoms with van der Waals surface area (Å²) in [4.78, 5) is 20.8. The number of aromatic nitrogens is 2. The molecule has 0 saturated carbocycles. The number of carboxylic acid groups (broad SMARTS) is 1. The maximum absolute atomic E-state index is 10.4. The predicted molar refractivity (Wildman–Crippen MR) is 68.1 cm³/mol. The van der Waals surface area contributed by atoms with E-state index in [0.29, 0.717) is 31.4 Å². The molecule has 1 aromatic rings. The molecule has 1 heterocycles. The zero-order chi connectivity index (χ0) is 13.5. The topological polar surface area (TPSA) is 75.5 Å². The number of hydrogen-bond acceptors (Lipinski definition) is 5.